The summed E-state index contributed by atoms with van der Waals surface area (Å²) in [5.74, 6) is 0.927. The molecular weight excluding hydrogens is 487 g/mol. The summed E-state index contributed by atoms with van der Waals surface area (Å²) in [5, 5.41) is 18.8. The Kier molecular flexibility index (Phi) is 13.4. The quantitative estimate of drug-likeness (QED) is 0.154. The van der Waals surface area contributed by atoms with E-state index in [1.165, 1.54) is 6.07 Å². The van der Waals surface area contributed by atoms with Gasteiger partial charge in [-0.3, -0.25) is 9.79 Å². The highest BCUT2D eigenvalue weighted by Gasteiger charge is 2.15. The fraction of sp³-hybridized carbons (Fsp3) is 0.600. The van der Waals surface area contributed by atoms with Crippen LogP contribution in [0, 0.1) is 5.92 Å². The third-order valence-electron chi connectivity index (χ3n) is 4.29. The zero-order chi connectivity index (χ0) is 20.0. The second-order valence-corrected chi connectivity index (χ2v) is 6.62. The van der Waals surface area contributed by atoms with Crippen LogP contribution in [0.2, 0.25) is 0 Å². The molecule has 9 heteroatoms. The predicted molar refractivity (Wildman–Crippen MR) is 124 cm³/mol. The van der Waals surface area contributed by atoms with Gasteiger partial charge in [0.25, 0.3) is 5.91 Å². The van der Waals surface area contributed by atoms with Gasteiger partial charge in [0.1, 0.15) is 5.75 Å². The van der Waals surface area contributed by atoms with E-state index in [1.807, 2.05) is 6.92 Å². The van der Waals surface area contributed by atoms with Crippen LogP contribution in [-0.4, -0.2) is 69.6 Å². The Bertz CT molecular complexity index is 624. The molecule has 1 atom stereocenters. The number of carbonyl (C=O) groups excluding carboxylic acids is 1. The standard InChI is InChI=1S/C20H32N4O4.HI/c1-2-21-20(23-9-5-12-27-14-16-8-13-28-15-16)24-11-10-22-19(26)17-6-3-4-7-18(17)25;/h3-4,6-7,16,25H,2,5,8-15H2,1H3,(H,22,26)(H2,21,23,24);1H. The first-order valence-corrected chi connectivity index (χ1v) is 9.94. The Hall–Kier alpha value is -1.59. The Balaban J connectivity index is 0.00000420. The number of hydrogen-bond acceptors (Lipinski definition) is 5. The SMILES string of the molecule is CCNC(=NCCCOCC1CCOC1)NCCNC(=O)c1ccccc1O.I. The highest BCUT2D eigenvalue weighted by Crippen LogP contribution is 2.14. The van der Waals surface area contributed by atoms with Gasteiger partial charge >= 0.3 is 0 Å². The molecule has 0 radical (unpaired) electrons. The molecule has 1 aliphatic heterocycles. The van der Waals surface area contributed by atoms with Gasteiger partial charge in [-0.05, 0) is 31.9 Å². The third kappa shape index (κ3) is 10.1. The lowest BCUT2D eigenvalue weighted by molar-refractivity contribution is 0.0893. The van der Waals surface area contributed by atoms with Crippen molar-refractivity contribution in [1.82, 2.24) is 16.0 Å². The highest BCUT2D eigenvalue weighted by atomic mass is 127. The van der Waals surface area contributed by atoms with E-state index in [4.69, 9.17) is 9.47 Å². The lowest BCUT2D eigenvalue weighted by atomic mass is 10.1. The fourth-order valence-electron chi connectivity index (χ4n) is 2.78. The van der Waals surface area contributed by atoms with E-state index in [9.17, 15) is 9.90 Å². The summed E-state index contributed by atoms with van der Waals surface area (Å²) in [7, 11) is 0. The second-order valence-electron chi connectivity index (χ2n) is 6.62. The van der Waals surface area contributed by atoms with Crippen molar-refractivity contribution in [2.24, 2.45) is 10.9 Å². The van der Waals surface area contributed by atoms with E-state index in [1.54, 1.807) is 18.2 Å². The second kappa shape index (κ2) is 15.3. The van der Waals surface area contributed by atoms with Gasteiger partial charge in [-0.1, -0.05) is 12.1 Å². The normalized spacial score (nSPS) is 16.2. The topological polar surface area (TPSA) is 104 Å². The number of halogens is 1. The summed E-state index contributed by atoms with van der Waals surface area (Å²) >= 11 is 0. The van der Waals surface area contributed by atoms with Crippen LogP contribution in [0.15, 0.2) is 29.3 Å². The maximum atomic E-state index is 12.0. The van der Waals surface area contributed by atoms with E-state index >= 15 is 0 Å². The molecule has 1 aromatic rings. The van der Waals surface area contributed by atoms with Crippen LogP contribution in [-0.2, 0) is 9.47 Å². The minimum atomic E-state index is -0.299. The Morgan fingerprint density at radius 3 is 2.79 bits per heavy atom. The van der Waals surface area contributed by atoms with E-state index in [0.29, 0.717) is 38.1 Å². The first-order valence-electron chi connectivity index (χ1n) is 9.94. The van der Waals surface area contributed by atoms with Gasteiger partial charge in [0.15, 0.2) is 5.96 Å². The minimum Gasteiger partial charge on any atom is -0.507 e. The van der Waals surface area contributed by atoms with Crippen molar-refractivity contribution in [3.05, 3.63) is 29.8 Å². The van der Waals surface area contributed by atoms with Crippen molar-refractivity contribution in [3.63, 3.8) is 0 Å². The number of amides is 1. The van der Waals surface area contributed by atoms with Crippen molar-refractivity contribution < 1.29 is 19.4 Å². The summed E-state index contributed by atoms with van der Waals surface area (Å²) in [4.78, 5) is 16.5. The van der Waals surface area contributed by atoms with Crippen molar-refractivity contribution in [1.29, 1.82) is 0 Å². The van der Waals surface area contributed by atoms with Crippen molar-refractivity contribution >= 4 is 35.8 Å². The lowest BCUT2D eigenvalue weighted by Crippen LogP contribution is -2.41. The van der Waals surface area contributed by atoms with Crippen molar-refractivity contribution in [2.75, 3.05) is 52.6 Å². The summed E-state index contributed by atoms with van der Waals surface area (Å²) in [5.41, 5.74) is 0.271. The molecule has 0 aromatic heterocycles. The molecule has 29 heavy (non-hydrogen) atoms. The van der Waals surface area contributed by atoms with Gasteiger partial charge in [0, 0.05) is 45.3 Å². The van der Waals surface area contributed by atoms with Crippen LogP contribution >= 0.6 is 24.0 Å². The smallest absolute Gasteiger partial charge is 0.255 e. The average molecular weight is 520 g/mol. The zero-order valence-electron chi connectivity index (χ0n) is 17.0. The van der Waals surface area contributed by atoms with Gasteiger partial charge in [0.2, 0.25) is 0 Å². The first-order chi connectivity index (χ1) is 13.7. The molecule has 1 saturated heterocycles. The van der Waals surface area contributed by atoms with Crippen molar-refractivity contribution in [3.8, 4) is 5.75 Å². The molecule has 1 aromatic carbocycles. The lowest BCUT2D eigenvalue weighted by Gasteiger charge is -2.12. The van der Waals surface area contributed by atoms with Gasteiger partial charge in [-0.2, -0.15) is 0 Å². The van der Waals surface area contributed by atoms with Crippen LogP contribution in [0.25, 0.3) is 0 Å². The molecular formula is C20H33IN4O4. The van der Waals surface area contributed by atoms with E-state index in [0.717, 1.165) is 39.2 Å². The predicted octanol–water partition coefficient (Wildman–Crippen LogP) is 1.74. The van der Waals surface area contributed by atoms with E-state index in [-0.39, 0.29) is 41.2 Å². The summed E-state index contributed by atoms with van der Waals surface area (Å²) in [6.45, 7) is 7.50. The van der Waals surface area contributed by atoms with Gasteiger partial charge in [-0.15, -0.1) is 24.0 Å². The van der Waals surface area contributed by atoms with Gasteiger partial charge in [-0.25, -0.2) is 0 Å². The number of para-hydroxylation sites is 1. The van der Waals surface area contributed by atoms with Crippen LogP contribution < -0.4 is 16.0 Å². The number of rotatable bonds is 11. The zero-order valence-corrected chi connectivity index (χ0v) is 19.3. The third-order valence-corrected chi connectivity index (χ3v) is 4.29. The Morgan fingerprint density at radius 2 is 2.07 bits per heavy atom. The van der Waals surface area contributed by atoms with Crippen LogP contribution in [0.4, 0.5) is 0 Å². The number of ether oxygens (including phenoxy) is 2. The molecule has 1 unspecified atom stereocenters. The molecule has 0 spiro atoms. The van der Waals surface area contributed by atoms with Gasteiger partial charge < -0.3 is 30.5 Å². The number of benzene rings is 1. The maximum Gasteiger partial charge on any atom is 0.255 e. The Morgan fingerprint density at radius 1 is 1.28 bits per heavy atom. The van der Waals surface area contributed by atoms with E-state index < -0.39 is 0 Å². The number of aliphatic imine (C=N–C) groups is 1. The fourth-order valence-corrected chi connectivity index (χ4v) is 2.78. The maximum absolute atomic E-state index is 12.0. The molecule has 164 valence electrons. The number of nitrogens with one attached hydrogen (secondary N) is 3. The first kappa shape index (κ1) is 25.4. The monoisotopic (exact) mass is 520 g/mol. The summed E-state index contributed by atoms with van der Waals surface area (Å²) in [6.07, 6.45) is 1.95. The molecule has 1 fully saturated rings. The molecule has 1 amide bonds. The van der Waals surface area contributed by atoms with Crippen LogP contribution in [0.3, 0.4) is 0 Å². The largest absolute Gasteiger partial charge is 0.507 e. The molecule has 8 nitrogen and oxygen atoms in total. The number of carbonyl (C=O) groups is 1. The number of hydrogen-bond donors (Lipinski definition) is 4. The highest BCUT2D eigenvalue weighted by molar-refractivity contribution is 14.0. The molecule has 0 bridgehead atoms. The van der Waals surface area contributed by atoms with Crippen LogP contribution in [0.1, 0.15) is 30.1 Å². The number of guanidine groups is 1. The van der Waals surface area contributed by atoms with E-state index in [2.05, 4.69) is 20.9 Å². The summed E-state index contributed by atoms with van der Waals surface area (Å²) < 4.78 is 11.0. The Labute approximate surface area is 189 Å². The molecule has 2 rings (SSSR count). The molecule has 1 heterocycles. The molecule has 1 aliphatic rings. The number of phenolic OH excluding ortho intramolecular Hbond substituents is 1. The van der Waals surface area contributed by atoms with Crippen molar-refractivity contribution in [2.45, 2.75) is 19.8 Å². The average Bonchev–Trinajstić information content (AvgIpc) is 3.21. The number of aromatic hydroxyl groups is 1. The van der Waals surface area contributed by atoms with Crippen LogP contribution in [0.5, 0.6) is 5.75 Å². The number of phenols is 1. The number of nitrogens with zero attached hydrogens (tertiary/aromatic N) is 1. The minimum absolute atomic E-state index is 0. The molecule has 0 saturated carbocycles. The van der Waals surface area contributed by atoms with Gasteiger partial charge in [0.05, 0.1) is 18.8 Å². The molecule has 4 N–H and O–H groups in total. The summed E-state index contributed by atoms with van der Waals surface area (Å²) in [6, 6.07) is 6.48. The molecule has 0 aliphatic carbocycles.